The van der Waals surface area contributed by atoms with Crippen LogP contribution in [0.15, 0.2) is 42.7 Å². The van der Waals surface area contributed by atoms with Gasteiger partial charge in [-0.05, 0) is 41.3 Å². The van der Waals surface area contributed by atoms with Crippen LogP contribution >= 0.6 is 23.4 Å². The van der Waals surface area contributed by atoms with E-state index in [0.717, 1.165) is 23.3 Å². The molecule has 1 aromatic carbocycles. The number of pyridine rings is 1. The van der Waals surface area contributed by atoms with Crippen molar-refractivity contribution in [1.82, 2.24) is 14.8 Å². The number of halogens is 1. The minimum Gasteiger partial charge on any atom is -0.268 e. The third kappa shape index (κ3) is 2.32. The van der Waals surface area contributed by atoms with Crippen molar-refractivity contribution in [2.45, 2.75) is 6.42 Å². The second kappa shape index (κ2) is 5.45. The van der Waals surface area contributed by atoms with Crippen molar-refractivity contribution in [3.05, 3.63) is 59.0 Å². The second-order valence-corrected chi connectivity index (χ2v) is 6.81. The maximum Gasteiger partial charge on any atom is 0.129 e. The number of nitrogens with zero attached hydrogens (tertiary/aromatic N) is 3. The summed E-state index contributed by atoms with van der Waals surface area (Å²) < 4.78 is 1.92. The van der Waals surface area contributed by atoms with E-state index in [0.29, 0.717) is 5.15 Å². The summed E-state index contributed by atoms with van der Waals surface area (Å²) in [6, 6.07) is 10.5. The van der Waals surface area contributed by atoms with Crippen molar-refractivity contribution in [1.29, 1.82) is 0 Å². The highest BCUT2D eigenvalue weighted by atomic mass is 35.5. The number of thioether (sulfide) groups is 1. The number of benzene rings is 1. The van der Waals surface area contributed by atoms with Gasteiger partial charge in [-0.1, -0.05) is 23.7 Å². The lowest BCUT2D eigenvalue weighted by atomic mass is 10.00. The Morgan fingerprint density at radius 2 is 2.09 bits per heavy atom. The zero-order valence-corrected chi connectivity index (χ0v) is 13.7. The SMILES string of the molecule is Cn1ncc2ccc(C3=C(c4ccnc(Cl)c4)SCC3)cc21. The van der Waals surface area contributed by atoms with Gasteiger partial charge in [0.15, 0.2) is 0 Å². The van der Waals surface area contributed by atoms with E-state index in [1.807, 2.05) is 41.8 Å². The van der Waals surface area contributed by atoms with E-state index in [2.05, 4.69) is 28.3 Å². The van der Waals surface area contributed by atoms with Crippen molar-refractivity contribution < 1.29 is 0 Å². The third-order valence-electron chi connectivity index (χ3n) is 3.96. The molecular formula is C17H14ClN3S. The second-order valence-electron chi connectivity index (χ2n) is 5.32. The molecule has 0 fully saturated rings. The summed E-state index contributed by atoms with van der Waals surface area (Å²) in [5.41, 5.74) is 4.97. The molecule has 2 aromatic heterocycles. The van der Waals surface area contributed by atoms with Gasteiger partial charge in [0, 0.05) is 29.3 Å². The van der Waals surface area contributed by atoms with Gasteiger partial charge in [-0.25, -0.2) is 4.98 Å². The quantitative estimate of drug-likeness (QED) is 0.643. The van der Waals surface area contributed by atoms with Crippen LogP contribution in [0.25, 0.3) is 21.4 Å². The van der Waals surface area contributed by atoms with Crippen LogP contribution in [-0.2, 0) is 7.05 Å². The zero-order valence-electron chi connectivity index (χ0n) is 12.1. The Balaban J connectivity index is 1.87. The summed E-state index contributed by atoms with van der Waals surface area (Å²) in [7, 11) is 1.98. The smallest absolute Gasteiger partial charge is 0.129 e. The number of hydrogen-bond donors (Lipinski definition) is 0. The van der Waals surface area contributed by atoms with Crippen LogP contribution in [-0.4, -0.2) is 20.5 Å². The summed E-state index contributed by atoms with van der Waals surface area (Å²) in [6.07, 6.45) is 4.75. The fraction of sp³-hybridized carbons (Fsp3) is 0.176. The summed E-state index contributed by atoms with van der Waals surface area (Å²) >= 11 is 7.94. The van der Waals surface area contributed by atoms with E-state index >= 15 is 0 Å². The highest BCUT2D eigenvalue weighted by Gasteiger charge is 2.19. The van der Waals surface area contributed by atoms with E-state index in [1.165, 1.54) is 21.4 Å². The molecule has 0 spiro atoms. The third-order valence-corrected chi connectivity index (χ3v) is 5.34. The average Bonchev–Trinajstić information content (AvgIpc) is 3.14. The fourth-order valence-electron chi connectivity index (χ4n) is 2.86. The fourth-order valence-corrected chi connectivity index (χ4v) is 4.24. The summed E-state index contributed by atoms with van der Waals surface area (Å²) in [6.45, 7) is 0. The molecular weight excluding hydrogens is 314 g/mol. The molecule has 3 heterocycles. The highest BCUT2D eigenvalue weighted by molar-refractivity contribution is 8.08. The Labute approximate surface area is 138 Å². The molecule has 0 aliphatic carbocycles. The van der Waals surface area contributed by atoms with E-state index in [1.54, 1.807) is 6.20 Å². The predicted octanol–water partition coefficient (Wildman–Crippen LogP) is 4.63. The Morgan fingerprint density at radius 3 is 2.95 bits per heavy atom. The largest absolute Gasteiger partial charge is 0.268 e. The van der Waals surface area contributed by atoms with E-state index < -0.39 is 0 Å². The maximum atomic E-state index is 6.05. The number of aryl methyl sites for hydroxylation is 1. The van der Waals surface area contributed by atoms with Crippen LogP contribution in [0.1, 0.15) is 17.5 Å². The molecule has 110 valence electrons. The maximum absolute atomic E-state index is 6.05. The van der Waals surface area contributed by atoms with Crippen LogP contribution < -0.4 is 0 Å². The molecule has 0 bridgehead atoms. The molecule has 1 aliphatic heterocycles. The molecule has 22 heavy (non-hydrogen) atoms. The Kier molecular flexibility index (Phi) is 3.43. The molecule has 1 aliphatic rings. The Morgan fingerprint density at radius 1 is 1.18 bits per heavy atom. The Hall–Kier alpha value is -1.78. The van der Waals surface area contributed by atoms with Crippen LogP contribution in [0.2, 0.25) is 5.15 Å². The van der Waals surface area contributed by atoms with Gasteiger partial charge in [0.05, 0.1) is 11.7 Å². The normalized spacial score (nSPS) is 15.0. The molecule has 5 heteroatoms. The van der Waals surface area contributed by atoms with Gasteiger partial charge >= 0.3 is 0 Å². The zero-order chi connectivity index (χ0) is 15.1. The van der Waals surface area contributed by atoms with Crippen molar-refractivity contribution in [2.24, 2.45) is 7.05 Å². The van der Waals surface area contributed by atoms with Gasteiger partial charge < -0.3 is 0 Å². The minimum absolute atomic E-state index is 0.541. The molecule has 3 nitrogen and oxygen atoms in total. The lowest BCUT2D eigenvalue weighted by Gasteiger charge is -2.08. The van der Waals surface area contributed by atoms with Crippen molar-refractivity contribution >= 4 is 44.7 Å². The first-order valence-corrected chi connectivity index (χ1v) is 8.49. The van der Waals surface area contributed by atoms with Gasteiger partial charge in [-0.3, -0.25) is 4.68 Å². The first-order chi connectivity index (χ1) is 10.7. The van der Waals surface area contributed by atoms with Crippen molar-refractivity contribution in [3.8, 4) is 0 Å². The molecule has 0 N–H and O–H groups in total. The molecule has 0 saturated heterocycles. The summed E-state index contributed by atoms with van der Waals surface area (Å²) in [5.74, 6) is 1.11. The molecule has 0 unspecified atom stereocenters. The lowest BCUT2D eigenvalue weighted by molar-refractivity contribution is 0.797. The van der Waals surface area contributed by atoms with E-state index in [4.69, 9.17) is 11.6 Å². The first kappa shape index (κ1) is 13.9. The molecule has 0 atom stereocenters. The number of aromatic nitrogens is 3. The van der Waals surface area contributed by atoms with Gasteiger partial charge in [0.1, 0.15) is 5.15 Å². The van der Waals surface area contributed by atoms with Crippen LogP contribution in [0.3, 0.4) is 0 Å². The molecule has 3 aromatic rings. The molecule has 4 rings (SSSR count). The number of allylic oxidation sites excluding steroid dienone is 1. The van der Waals surface area contributed by atoms with Crippen LogP contribution in [0.5, 0.6) is 0 Å². The van der Waals surface area contributed by atoms with Gasteiger partial charge in [0.2, 0.25) is 0 Å². The molecule has 0 saturated carbocycles. The lowest BCUT2D eigenvalue weighted by Crippen LogP contribution is -1.91. The van der Waals surface area contributed by atoms with Crippen LogP contribution in [0.4, 0.5) is 0 Å². The van der Waals surface area contributed by atoms with Crippen LogP contribution in [0, 0.1) is 0 Å². The van der Waals surface area contributed by atoms with Gasteiger partial charge in [-0.15, -0.1) is 11.8 Å². The predicted molar refractivity (Wildman–Crippen MR) is 93.9 cm³/mol. The van der Waals surface area contributed by atoms with E-state index in [9.17, 15) is 0 Å². The van der Waals surface area contributed by atoms with Gasteiger partial charge in [-0.2, -0.15) is 5.10 Å². The van der Waals surface area contributed by atoms with Crippen molar-refractivity contribution in [2.75, 3.05) is 5.75 Å². The van der Waals surface area contributed by atoms with Gasteiger partial charge in [0.25, 0.3) is 0 Å². The standard InChI is InChI=1S/C17H14ClN3S/c1-21-15-8-11(2-3-13(15)10-20-21)14-5-7-22-17(14)12-4-6-19-16(18)9-12/h2-4,6,8-10H,5,7H2,1H3. The molecule has 0 amide bonds. The number of hydrogen-bond acceptors (Lipinski definition) is 3. The monoisotopic (exact) mass is 327 g/mol. The Bertz CT molecular complexity index is 898. The van der Waals surface area contributed by atoms with Crippen molar-refractivity contribution in [3.63, 3.8) is 0 Å². The average molecular weight is 328 g/mol. The molecule has 0 radical (unpaired) electrons. The number of fused-ring (bicyclic) bond motifs is 1. The summed E-state index contributed by atoms with van der Waals surface area (Å²) in [5, 5.41) is 6.03. The highest BCUT2D eigenvalue weighted by Crippen LogP contribution is 2.44. The summed E-state index contributed by atoms with van der Waals surface area (Å²) in [4.78, 5) is 5.39. The first-order valence-electron chi connectivity index (χ1n) is 7.12. The number of rotatable bonds is 2. The minimum atomic E-state index is 0.541. The van der Waals surface area contributed by atoms with E-state index in [-0.39, 0.29) is 0 Å². The topological polar surface area (TPSA) is 30.7 Å².